The molecule has 0 saturated carbocycles. The van der Waals surface area contributed by atoms with Crippen molar-refractivity contribution in [3.63, 3.8) is 0 Å². The smallest absolute Gasteiger partial charge is 0.0867 e. The molecule has 4 aromatic rings. The molecule has 4 aromatic heterocycles. The molecule has 0 amide bonds. The van der Waals surface area contributed by atoms with Crippen molar-refractivity contribution in [2.75, 3.05) is 0 Å². The SMILES string of the molecule is CC(C)(C)c1cc(C(C)(C)C)c(-c2ccccn2)[nH]1.CC(C)(C)c1cc(C(C)(C)C)c(-c2ccccn2)[nH]1. The van der Waals surface area contributed by atoms with Crippen LogP contribution in [-0.4, -0.2) is 19.9 Å². The maximum atomic E-state index is 4.49. The van der Waals surface area contributed by atoms with Crippen LogP contribution in [-0.2, 0) is 21.7 Å². The minimum Gasteiger partial charge on any atom is -0.356 e. The van der Waals surface area contributed by atoms with E-state index in [0.29, 0.717) is 0 Å². The third kappa shape index (κ3) is 7.03. The second kappa shape index (κ2) is 10.6. The predicted molar refractivity (Wildman–Crippen MR) is 163 cm³/mol. The van der Waals surface area contributed by atoms with Crippen molar-refractivity contribution in [1.29, 1.82) is 0 Å². The average Bonchev–Trinajstić information content (AvgIpc) is 3.46. The molecule has 2 N–H and O–H groups in total. The van der Waals surface area contributed by atoms with E-state index in [-0.39, 0.29) is 21.7 Å². The number of hydrogen-bond donors (Lipinski definition) is 2. The Morgan fingerprint density at radius 3 is 1.05 bits per heavy atom. The van der Waals surface area contributed by atoms with E-state index >= 15 is 0 Å². The fourth-order valence-corrected chi connectivity index (χ4v) is 4.33. The quantitative estimate of drug-likeness (QED) is 0.281. The summed E-state index contributed by atoms with van der Waals surface area (Å²) in [7, 11) is 0. The van der Waals surface area contributed by atoms with Gasteiger partial charge in [-0.25, -0.2) is 0 Å². The number of pyridine rings is 2. The normalized spacial score (nSPS) is 12.7. The number of aromatic nitrogens is 4. The highest BCUT2D eigenvalue weighted by Crippen LogP contribution is 2.37. The Bertz CT molecular complexity index is 1210. The molecule has 4 heteroatoms. The van der Waals surface area contributed by atoms with E-state index in [2.05, 4.69) is 127 Å². The van der Waals surface area contributed by atoms with Gasteiger partial charge in [0.1, 0.15) is 0 Å². The zero-order valence-electron chi connectivity index (χ0n) is 25.7. The lowest BCUT2D eigenvalue weighted by Gasteiger charge is -2.19. The van der Waals surface area contributed by atoms with Crippen LogP contribution in [0.5, 0.6) is 0 Å². The predicted octanol–water partition coefficient (Wildman–Crippen LogP) is 9.34. The topological polar surface area (TPSA) is 57.4 Å². The van der Waals surface area contributed by atoms with Crippen LogP contribution in [0.2, 0.25) is 0 Å². The Morgan fingerprint density at radius 2 is 0.816 bits per heavy atom. The highest BCUT2D eigenvalue weighted by atomic mass is 14.8. The van der Waals surface area contributed by atoms with Crippen LogP contribution < -0.4 is 0 Å². The van der Waals surface area contributed by atoms with E-state index in [1.54, 1.807) is 0 Å². The van der Waals surface area contributed by atoms with E-state index in [1.165, 1.54) is 22.5 Å². The summed E-state index contributed by atoms with van der Waals surface area (Å²) in [5.74, 6) is 0. The fraction of sp³-hybridized carbons (Fsp3) is 0.471. The summed E-state index contributed by atoms with van der Waals surface area (Å²) in [6, 6.07) is 16.7. The molecule has 0 atom stereocenters. The highest BCUT2D eigenvalue weighted by molar-refractivity contribution is 5.63. The van der Waals surface area contributed by atoms with Gasteiger partial charge in [0.05, 0.1) is 22.8 Å². The molecule has 0 aliphatic heterocycles. The number of nitrogens with zero attached hydrogens (tertiary/aromatic N) is 2. The lowest BCUT2D eigenvalue weighted by Crippen LogP contribution is -2.12. The molecule has 38 heavy (non-hydrogen) atoms. The zero-order chi connectivity index (χ0) is 28.5. The number of aromatic amines is 2. The van der Waals surface area contributed by atoms with Gasteiger partial charge in [0.25, 0.3) is 0 Å². The van der Waals surface area contributed by atoms with Gasteiger partial charge in [-0.1, -0.05) is 95.2 Å². The maximum absolute atomic E-state index is 4.49. The minimum absolute atomic E-state index is 0.104. The third-order valence-electron chi connectivity index (χ3n) is 6.71. The molecule has 4 rings (SSSR count). The van der Waals surface area contributed by atoms with E-state index in [1.807, 2.05) is 36.7 Å². The molecule has 0 aliphatic carbocycles. The fourth-order valence-electron chi connectivity index (χ4n) is 4.33. The van der Waals surface area contributed by atoms with Crippen molar-refractivity contribution in [3.05, 3.63) is 83.4 Å². The van der Waals surface area contributed by atoms with Crippen LogP contribution in [0.15, 0.2) is 60.9 Å². The summed E-state index contributed by atoms with van der Waals surface area (Å²) in [6.07, 6.45) is 3.69. The van der Waals surface area contributed by atoms with Gasteiger partial charge >= 0.3 is 0 Å². The number of rotatable bonds is 2. The lowest BCUT2D eigenvalue weighted by atomic mass is 9.84. The molecular weight excluding hydrogens is 464 g/mol. The summed E-state index contributed by atoms with van der Waals surface area (Å²) in [4.78, 5) is 16.1. The van der Waals surface area contributed by atoms with Crippen LogP contribution >= 0.6 is 0 Å². The summed E-state index contributed by atoms with van der Waals surface area (Å²) < 4.78 is 0. The van der Waals surface area contributed by atoms with Crippen LogP contribution in [0.3, 0.4) is 0 Å². The minimum atomic E-state index is 0.104. The van der Waals surface area contributed by atoms with Gasteiger partial charge in [-0.05, 0) is 58.4 Å². The Balaban J connectivity index is 0.000000211. The van der Waals surface area contributed by atoms with Crippen molar-refractivity contribution in [1.82, 2.24) is 19.9 Å². The molecule has 0 saturated heterocycles. The van der Waals surface area contributed by atoms with Gasteiger partial charge in [-0.2, -0.15) is 0 Å². The monoisotopic (exact) mass is 512 g/mol. The number of nitrogens with one attached hydrogen (secondary N) is 2. The van der Waals surface area contributed by atoms with Crippen LogP contribution in [0.1, 0.15) is 106 Å². The Morgan fingerprint density at radius 1 is 0.474 bits per heavy atom. The van der Waals surface area contributed by atoms with Crippen LogP contribution in [0.4, 0.5) is 0 Å². The Hall–Kier alpha value is -3.14. The van der Waals surface area contributed by atoms with Crippen molar-refractivity contribution >= 4 is 0 Å². The lowest BCUT2D eigenvalue weighted by molar-refractivity contribution is 0.569. The molecule has 0 radical (unpaired) electrons. The van der Waals surface area contributed by atoms with Crippen molar-refractivity contribution in [2.45, 2.75) is 105 Å². The van der Waals surface area contributed by atoms with Gasteiger partial charge in [0, 0.05) is 34.6 Å². The molecule has 0 bridgehead atoms. The maximum Gasteiger partial charge on any atom is 0.0867 e. The molecule has 0 aromatic carbocycles. The molecular formula is C34H48N4. The van der Waals surface area contributed by atoms with Crippen LogP contribution in [0, 0.1) is 0 Å². The first-order valence-corrected chi connectivity index (χ1v) is 13.7. The van der Waals surface area contributed by atoms with E-state index in [0.717, 1.165) is 22.8 Å². The molecule has 0 unspecified atom stereocenters. The largest absolute Gasteiger partial charge is 0.356 e. The van der Waals surface area contributed by atoms with Gasteiger partial charge in [0.2, 0.25) is 0 Å². The summed E-state index contributed by atoms with van der Waals surface area (Å²) in [5, 5.41) is 0. The first-order chi connectivity index (χ1) is 17.4. The first kappa shape index (κ1) is 29.4. The van der Waals surface area contributed by atoms with Gasteiger partial charge in [-0.3, -0.25) is 9.97 Å². The van der Waals surface area contributed by atoms with Crippen LogP contribution in [0.25, 0.3) is 22.8 Å². The van der Waals surface area contributed by atoms with Gasteiger partial charge < -0.3 is 9.97 Å². The van der Waals surface area contributed by atoms with Crippen molar-refractivity contribution in [3.8, 4) is 22.8 Å². The molecule has 204 valence electrons. The molecule has 0 aliphatic rings. The van der Waals surface area contributed by atoms with Gasteiger partial charge in [0.15, 0.2) is 0 Å². The summed E-state index contributed by atoms with van der Waals surface area (Å²) >= 11 is 0. The number of H-pyrrole nitrogens is 2. The Labute approximate surface area is 230 Å². The van der Waals surface area contributed by atoms with Crippen molar-refractivity contribution in [2.24, 2.45) is 0 Å². The summed E-state index contributed by atoms with van der Waals surface area (Å²) in [5.41, 5.74) is 9.96. The summed E-state index contributed by atoms with van der Waals surface area (Å²) in [6.45, 7) is 26.8. The second-order valence-electron chi connectivity index (χ2n) is 14.4. The first-order valence-electron chi connectivity index (χ1n) is 13.7. The third-order valence-corrected chi connectivity index (χ3v) is 6.71. The molecule has 0 spiro atoms. The standard InChI is InChI=1S/2C17H24N2/c2*1-16(2,3)12-11-14(17(4,5)6)19-15(12)13-9-7-8-10-18-13/h2*7-11,19H,1-6H3. The van der Waals surface area contributed by atoms with E-state index in [4.69, 9.17) is 0 Å². The molecule has 4 heterocycles. The number of hydrogen-bond acceptors (Lipinski definition) is 2. The van der Waals surface area contributed by atoms with E-state index < -0.39 is 0 Å². The molecule has 4 nitrogen and oxygen atoms in total. The highest BCUT2D eigenvalue weighted by Gasteiger charge is 2.27. The van der Waals surface area contributed by atoms with Crippen molar-refractivity contribution < 1.29 is 0 Å². The Kier molecular flexibility index (Phi) is 8.17. The zero-order valence-corrected chi connectivity index (χ0v) is 25.7. The average molecular weight is 513 g/mol. The molecule has 0 fully saturated rings. The van der Waals surface area contributed by atoms with Gasteiger partial charge in [-0.15, -0.1) is 0 Å². The second-order valence-corrected chi connectivity index (χ2v) is 14.4. The van der Waals surface area contributed by atoms with E-state index in [9.17, 15) is 0 Å².